The normalized spacial score (nSPS) is 14.1. The number of carbonyl (C=O) groups excluding carboxylic acids is 2. The Morgan fingerprint density at radius 1 is 1.05 bits per heavy atom. The molecule has 0 aliphatic carbocycles. The number of aliphatic carboxylic acids is 1. The number of amides is 2. The van der Waals surface area contributed by atoms with Gasteiger partial charge in [-0.2, -0.15) is 0 Å². The topological polar surface area (TPSA) is 95.5 Å². The molecule has 0 spiro atoms. The molecule has 3 N–H and O–H groups in total. The number of nitrogens with one attached hydrogen (secondary N) is 2. The van der Waals surface area contributed by atoms with Gasteiger partial charge in [0.2, 0.25) is 11.8 Å². The molecular formula is C13H24N2O4. The summed E-state index contributed by atoms with van der Waals surface area (Å²) < 4.78 is 0. The van der Waals surface area contributed by atoms with Crippen LogP contribution in [0.25, 0.3) is 0 Å². The van der Waals surface area contributed by atoms with Crippen molar-refractivity contribution in [1.82, 2.24) is 10.6 Å². The molecule has 0 unspecified atom stereocenters. The Hall–Kier alpha value is -1.59. The van der Waals surface area contributed by atoms with Crippen molar-refractivity contribution in [3.63, 3.8) is 0 Å². The van der Waals surface area contributed by atoms with E-state index in [4.69, 9.17) is 5.11 Å². The summed E-state index contributed by atoms with van der Waals surface area (Å²) in [6.45, 7) is 8.67. The van der Waals surface area contributed by atoms with Crippen LogP contribution in [0.1, 0.15) is 41.0 Å². The van der Waals surface area contributed by atoms with Gasteiger partial charge >= 0.3 is 5.97 Å². The van der Waals surface area contributed by atoms with Crippen molar-refractivity contribution in [3.05, 3.63) is 0 Å². The zero-order valence-corrected chi connectivity index (χ0v) is 12.2. The van der Waals surface area contributed by atoms with Gasteiger partial charge in [0, 0.05) is 6.92 Å². The molecule has 0 aromatic carbocycles. The highest BCUT2D eigenvalue weighted by molar-refractivity contribution is 5.90. The van der Waals surface area contributed by atoms with E-state index in [1.807, 2.05) is 13.8 Å². The van der Waals surface area contributed by atoms with Gasteiger partial charge in [0.1, 0.15) is 12.1 Å². The quantitative estimate of drug-likeness (QED) is 0.637. The van der Waals surface area contributed by atoms with Gasteiger partial charge in [0.05, 0.1) is 0 Å². The predicted octanol–water partition coefficient (Wildman–Crippen LogP) is 0.763. The van der Waals surface area contributed by atoms with Gasteiger partial charge in [-0.15, -0.1) is 0 Å². The van der Waals surface area contributed by atoms with Crippen LogP contribution in [0.15, 0.2) is 0 Å². The lowest BCUT2D eigenvalue weighted by molar-refractivity contribution is -0.142. The smallest absolute Gasteiger partial charge is 0.326 e. The van der Waals surface area contributed by atoms with E-state index in [1.54, 1.807) is 13.8 Å². The average molecular weight is 272 g/mol. The summed E-state index contributed by atoms with van der Waals surface area (Å²) >= 11 is 0. The lowest BCUT2D eigenvalue weighted by Gasteiger charge is -2.24. The van der Waals surface area contributed by atoms with Crippen LogP contribution in [0.4, 0.5) is 0 Å². The summed E-state index contributed by atoms with van der Waals surface area (Å²) in [5, 5.41) is 14.1. The van der Waals surface area contributed by atoms with Gasteiger partial charge in [-0.25, -0.2) is 4.79 Å². The molecule has 0 saturated carbocycles. The summed E-state index contributed by atoms with van der Waals surface area (Å²) in [6, 6.07) is -1.64. The summed E-state index contributed by atoms with van der Waals surface area (Å²) in [5.41, 5.74) is 0. The van der Waals surface area contributed by atoms with Crippen LogP contribution in [0.2, 0.25) is 0 Å². The average Bonchev–Trinajstić information content (AvgIpc) is 2.23. The molecule has 6 nitrogen and oxygen atoms in total. The second-order valence-corrected chi connectivity index (χ2v) is 5.45. The number of hydrogen-bond acceptors (Lipinski definition) is 3. The first-order valence-electron chi connectivity index (χ1n) is 6.45. The predicted molar refractivity (Wildman–Crippen MR) is 71.5 cm³/mol. The molecule has 0 aliphatic rings. The Morgan fingerprint density at radius 2 is 1.58 bits per heavy atom. The number of carboxylic acid groups (broad SMARTS) is 1. The third-order valence-electron chi connectivity index (χ3n) is 2.63. The maximum absolute atomic E-state index is 12.0. The van der Waals surface area contributed by atoms with Gasteiger partial charge in [0.25, 0.3) is 0 Å². The van der Waals surface area contributed by atoms with Crippen LogP contribution in [0.3, 0.4) is 0 Å². The molecule has 0 heterocycles. The Balaban J connectivity index is 4.75. The molecule has 2 atom stereocenters. The Kier molecular flexibility index (Phi) is 7.11. The fraction of sp³-hybridized carbons (Fsp3) is 0.769. The van der Waals surface area contributed by atoms with Crippen LogP contribution >= 0.6 is 0 Å². The third-order valence-corrected chi connectivity index (χ3v) is 2.63. The number of carbonyl (C=O) groups is 3. The third kappa shape index (κ3) is 6.79. The fourth-order valence-corrected chi connectivity index (χ4v) is 1.71. The summed E-state index contributed by atoms with van der Waals surface area (Å²) in [7, 11) is 0. The second kappa shape index (κ2) is 7.76. The molecular weight excluding hydrogens is 248 g/mol. The minimum absolute atomic E-state index is 0.114. The molecule has 0 fully saturated rings. The summed E-state index contributed by atoms with van der Waals surface area (Å²) in [5.74, 6) is -1.80. The highest BCUT2D eigenvalue weighted by atomic mass is 16.4. The van der Waals surface area contributed by atoms with Gasteiger partial charge in [-0.3, -0.25) is 9.59 Å². The first kappa shape index (κ1) is 17.4. The van der Waals surface area contributed by atoms with Crippen molar-refractivity contribution in [2.45, 2.75) is 53.1 Å². The zero-order valence-electron chi connectivity index (χ0n) is 12.2. The molecule has 6 heteroatoms. The summed E-state index contributed by atoms with van der Waals surface area (Å²) in [4.78, 5) is 34.2. The highest BCUT2D eigenvalue weighted by Crippen LogP contribution is 2.07. The largest absolute Gasteiger partial charge is 0.480 e. The van der Waals surface area contributed by atoms with Crippen molar-refractivity contribution in [1.29, 1.82) is 0 Å². The maximum Gasteiger partial charge on any atom is 0.326 e. The van der Waals surface area contributed by atoms with Crippen LogP contribution in [-0.2, 0) is 14.4 Å². The van der Waals surface area contributed by atoms with E-state index in [-0.39, 0.29) is 17.7 Å². The maximum atomic E-state index is 12.0. The molecule has 110 valence electrons. The minimum atomic E-state index is -1.06. The van der Waals surface area contributed by atoms with Crippen molar-refractivity contribution in [2.24, 2.45) is 11.8 Å². The molecule has 19 heavy (non-hydrogen) atoms. The van der Waals surface area contributed by atoms with Crippen molar-refractivity contribution >= 4 is 17.8 Å². The molecule has 0 aliphatic heterocycles. The SMILES string of the molecule is CC(=O)N[C@@H](C(=O)N[C@H](CC(C)C)C(=O)O)C(C)C. The number of hydrogen-bond donors (Lipinski definition) is 3. The van der Waals surface area contributed by atoms with E-state index in [0.717, 1.165) is 0 Å². The van der Waals surface area contributed by atoms with Gasteiger partial charge < -0.3 is 15.7 Å². The van der Waals surface area contributed by atoms with Gasteiger partial charge in [-0.05, 0) is 18.3 Å². The lowest BCUT2D eigenvalue weighted by atomic mass is 10.0. The molecule has 0 radical (unpaired) electrons. The monoisotopic (exact) mass is 272 g/mol. The minimum Gasteiger partial charge on any atom is -0.480 e. The second-order valence-electron chi connectivity index (χ2n) is 5.45. The molecule has 2 amide bonds. The van der Waals surface area contributed by atoms with E-state index >= 15 is 0 Å². The van der Waals surface area contributed by atoms with E-state index in [1.165, 1.54) is 6.92 Å². The number of carboxylic acids is 1. The van der Waals surface area contributed by atoms with Crippen molar-refractivity contribution in [2.75, 3.05) is 0 Å². The number of rotatable bonds is 7. The van der Waals surface area contributed by atoms with Crippen molar-refractivity contribution in [3.8, 4) is 0 Å². The Labute approximate surface area is 113 Å². The van der Waals surface area contributed by atoms with Crippen LogP contribution < -0.4 is 10.6 Å². The first-order valence-corrected chi connectivity index (χ1v) is 6.45. The fourth-order valence-electron chi connectivity index (χ4n) is 1.71. The van der Waals surface area contributed by atoms with Crippen LogP contribution in [-0.4, -0.2) is 35.0 Å². The Morgan fingerprint density at radius 3 is 1.89 bits per heavy atom. The lowest BCUT2D eigenvalue weighted by Crippen LogP contribution is -2.53. The molecule has 0 aromatic heterocycles. The molecule has 0 bridgehead atoms. The van der Waals surface area contributed by atoms with E-state index in [9.17, 15) is 14.4 Å². The van der Waals surface area contributed by atoms with E-state index < -0.39 is 24.0 Å². The zero-order chi connectivity index (χ0) is 15.2. The first-order chi connectivity index (χ1) is 8.65. The van der Waals surface area contributed by atoms with E-state index in [0.29, 0.717) is 6.42 Å². The molecule has 0 saturated heterocycles. The van der Waals surface area contributed by atoms with Gasteiger partial charge in [-0.1, -0.05) is 27.7 Å². The van der Waals surface area contributed by atoms with Crippen LogP contribution in [0, 0.1) is 11.8 Å². The van der Waals surface area contributed by atoms with Gasteiger partial charge in [0.15, 0.2) is 0 Å². The highest BCUT2D eigenvalue weighted by Gasteiger charge is 2.28. The molecule has 0 rings (SSSR count). The van der Waals surface area contributed by atoms with Crippen molar-refractivity contribution < 1.29 is 19.5 Å². The summed E-state index contributed by atoms with van der Waals surface area (Å²) in [6.07, 6.45) is 0.353. The van der Waals surface area contributed by atoms with Crippen LogP contribution in [0.5, 0.6) is 0 Å². The Bertz CT molecular complexity index is 340. The van der Waals surface area contributed by atoms with E-state index in [2.05, 4.69) is 10.6 Å². The molecule has 0 aromatic rings. The standard InChI is InChI=1S/C13H24N2O4/c1-7(2)6-10(13(18)19)15-12(17)11(8(3)4)14-9(5)16/h7-8,10-11H,6H2,1-5H3,(H,14,16)(H,15,17)(H,18,19)/t10-,11-/m1/s1.